The summed E-state index contributed by atoms with van der Waals surface area (Å²) in [4.78, 5) is 11.1. The second-order valence-corrected chi connectivity index (χ2v) is 6.17. The van der Waals surface area contributed by atoms with Gasteiger partial charge in [0.15, 0.2) is 7.29 Å². The fraction of sp³-hybridized carbons (Fsp3) is 0.875. The van der Waals surface area contributed by atoms with Crippen LogP contribution in [0.2, 0.25) is 0 Å². The summed E-state index contributed by atoms with van der Waals surface area (Å²) in [5.74, 6) is -0.404. The lowest BCUT2D eigenvalue weighted by atomic mass is 10.5. The molecule has 0 amide bonds. The van der Waals surface area contributed by atoms with Crippen LogP contribution >= 0.6 is 7.29 Å². The average Bonchev–Trinajstić information content (AvgIpc) is 2.00. The van der Waals surface area contributed by atoms with Crippen LogP contribution in [0.15, 0.2) is 0 Å². The lowest BCUT2D eigenvalue weighted by molar-refractivity contribution is -0.145. The van der Waals surface area contributed by atoms with Crippen LogP contribution in [0.4, 0.5) is 0 Å². The van der Waals surface area contributed by atoms with Crippen LogP contribution in [0.25, 0.3) is 0 Å². The monoisotopic (exact) mass is 223 g/mol. The van der Waals surface area contributed by atoms with Gasteiger partial charge in [-0.05, 0) is 13.8 Å². The van der Waals surface area contributed by atoms with Gasteiger partial charge in [-0.1, -0.05) is 0 Å². The van der Waals surface area contributed by atoms with Crippen LogP contribution < -0.4 is 5.09 Å². The molecular formula is C8H18NO4P. The molecular weight excluding hydrogens is 205 g/mol. The van der Waals surface area contributed by atoms with Crippen LogP contribution in [-0.4, -0.2) is 38.7 Å². The van der Waals surface area contributed by atoms with E-state index in [0.717, 1.165) is 0 Å². The summed E-state index contributed by atoms with van der Waals surface area (Å²) in [5, 5.41) is 2.62. The fourth-order valence-electron chi connectivity index (χ4n) is 0.828. The summed E-state index contributed by atoms with van der Waals surface area (Å²) in [5.41, 5.74) is 0. The van der Waals surface area contributed by atoms with Gasteiger partial charge in [0.25, 0.3) is 0 Å². The van der Waals surface area contributed by atoms with Crippen molar-refractivity contribution in [2.45, 2.75) is 20.0 Å². The highest BCUT2D eigenvalue weighted by Gasteiger charge is 2.16. The van der Waals surface area contributed by atoms with E-state index in [1.807, 2.05) is 0 Å². The maximum Gasteiger partial charge on any atom is 0.320 e. The number of rotatable bonds is 6. The van der Waals surface area contributed by atoms with Crippen LogP contribution in [-0.2, 0) is 18.8 Å². The van der Waals surface area contributed by atoms with Crippen molar-refractivity contribution in [1.82, 2.24) is 5.09 Å². The zero-order valence-corrected chi connectivity index (χ0v) is 9.97. The predicted octanol–water partition coefficient (Wildman–Crippen LogP) is 1.04. The Hall–Kier alpha value is -0.380. The molecule has 6 heteroatoms. The molecule has 0 saturated heterocycles. The molecule has 0 aliphatic rings. The standard InChI is InChI=1S/C8H18NO4P/c1-7(2)13-8(10)5-9-14(4,11)6-12-3/h7H,5-6H2,1-4H3,(H,9,11). The molecule has 1 unspecified atom stereocenters. The Bertz CT molecular complexity index is 229. The van der Waals surface area contributed by atoms with Gasteiger partial charge >= 0.3 is 5.97 Å². The quantitative estimate of drug-likeness (QED) is 0.538. The summed E-state index contributed by atoms with van der Waals surface area (Å²) in [6.45, 7) is 5.01. The zero-order chi connectivity index (χ0) is 11.2. The second kappa shape index (κ2) is 6.17. The van der Waals surface area contributed by atoms with E-state index in [1.54, 1.807) is 13.8 Å². The first-order chi connectivity index (χ1) is 6.37. The summed E-state index contributed by atoms with van der Waals surface area (Å²) >= 11 is 0. The lowest BCUT2D eigenvalue weighted by Crippen LogP contribution is -2.25. The highest BCUT2D eigenvalue weighted by atomic mass is 31.2. The third-order valence-corrected chi connectivity index (χ3v) is 2.88. The third-order valence-electron chi connectivity index (χ3n) is 1.30. The first-order valence-electron chi connectivity index (χ1n) is 4.37. The van der Waals surface area contributed by atoms with E-state index < -0.39 is 13.3 Å². The number of ether oxygens (including phenoxy) is 2. The molecule has 0 heterocycles. The van der Waals surface area contributed by atoms with E-state index >= 15 is 0 Å². The maximum atomic E-state index is 11.6. The van der Waals surface area contributed by atoms with Gasteiger partial charge in [0.05, 0.1) is 12.6 Å². The van der Waals surface area contributed by atoms with Crippen LogP contribution in [0.3, 0.4) is 0 Å². The number of methoxy groups -OCH3 is 1. The highest BCUT2D eigenvalue weighted by molar-refractivity contribution is 7.60. The van der Waals surface area contributed by atoms with E-state index in [9.17, 15) is 9.36 Å². The fourth-order valence-corrected chi connectivity index (χ4v) is 1.88. The Morgan fingerprint density at radius 3 is 2.50 bits per heavy atom. The molecule has 0 radical (unpaired) electrons. The molecule has 0 aromatic rings. The van der Waals surface area contributed by atoms with Gasteiger partial charge in [0.1, 0.15) is 6.35 Å². The molecule has 0 spiro atoms. The summed E-state index contributed by atoms with van der Waals surface area (Å²) in [6, 6.07) is 0. The van der Waals surface area contributed by atoms with E-state index in [1.165, 1.54) is 13.8 Å². The van der Waals surface area contributed by atoms with Crippen molar-refractivity contribution in [2.24, 2.45) is 0 Å². The van der Waals surface area contributed by atoms with Gasteiger partial charge in [-0.2, -0.15) is 0 Å². The van der Waals surface area contributed by atoms with E-state index in [4.69, 9.17) is 9.47 Å². The number of hydrogen-bond acceptors (Lipinski definition) is 4. The van der Waals surface area contributed by atoms with Crippen molar-refractivity contribution in [3.8, 4) is 0 Å². The first kappa shape index (κ1) is 13.6. The average molecular weight is 223 g/mol. The number of hydrogen-bond donors (Lipinski definition) is 1. The lowest BCUT2D eigenvalue weighted by Gasteiger charge is -2.14. The van der Waals surface area contributed by atoms with Crippen molar-refractivity contribution in [2.75, 3.05) is 26.7 Å². The molecule has 0 rings (SSSR count). The molecule has 0 fully saturated rings. The molecule has 0 bridgehead atoms. The molecule has 0 aliphatic carbocycles. The van der Waals surface area contributed by atoms with Crippen LogP contribution in [0, 0.1) is 0 Å². The predicted molar refractivity (Wildman–Crippen MR) is 54.6 cm³/mol. The molecule has 0 aromatic heterocycles. The number of esters is 1. The Morgan fingerprint density at radius 1 is 1.50 bits per heavy atom. The number of carbonyl (C=O) groups is 1. The molecule has 1 atom stereocenters. The summed E-state index contributed by atoms with van der Waals surface area (Å²) in [7, 11) is -1.10. The van der Waals surface area contributed by atoms with E-state index in [0.29, 0.717) is 0 Å². The van der Waals surface area contributed by atoms with Crippen molar-refractivity contribution in [1.29, 1.82) is 0 Å². The normalized spacial score (nSPS) is 15.2. The Morgan fingerprint density at radius 2 is 2.07 bits per heavy atom. The maximum absolute atomic E-state index is 11.6. The minimum Gasteiger partial charge on any atom is -0.462 e. The number of carbonyl (C=O) groups excluding carboxylic acids is 1. The molecule has 5 nitrogen and oxygen atoms in total. The molecule has 0 aliphatic heterocycles. The summed E-state index contributed by atoms with van der Waals surface area (Å²) < 4.78 is 21.2. The zero-order valence-electron chi connectivity index (χ0n) is 9.07. The topological polar surface area (TPSA) is 64.6 Å². The van der Waals surface area contributed by atoms with E-state index in [2.05, 4.69) is 5.09 Å². The second-order valence-electron chi connectivity index (χ2n) is 3.39. The van der Waals surface area contributed by atoms with Crippen molar-refractivity contribution < 1.29 is 18.8 Å². The number of nitrogens with one attached hydrogen (secondary N) is 1. The third kappa shape index (κ3) is 7.06. The van der Waals surface area contributed by atoms with E-state index in [-0.39, 0.29) is 19.0 Å². The SMILES string of the molecule is COCP(C)(=O)NCC(=O)OC(C)C. The van der Waals surface area contributed by atoms with Crippen LogP contribution in [0.5, 0.6) is 0 Å². The minimum absolute atomic E-state index is 0.0463. The molecule has 0 aromatic carbocycles. The first-order valence-corrected chi connectivity index (χ1v) is 6.71. The summed E-state index contributed by atoms with van der Waals surface area (Å²) in [6.07, 6.45) is -0.0370. The van der Waals surface area contributed by atoms with Gasteiger partial charge in [-0.15, -0.1) is 0 Å². The van der Waals surface area contributed by atoms with Crippen molar-refractivity contribution in [3.05, 3.63) is 0 Å². The Labute approximate surface area is 84.6 Å². The Balaban J connectivity index is 3.82. The molecule has 1 N–H and O–H groups in total. The van der Waals surface area contributed by atoms with Gasteiger partial charge in [-0.25, -0.2) is 0 Å². The van der Waals surface area contributed by atoms with Crippen LogP contribution in [0.1, 0.15) is 13.8 Å². The van der Waals surface area contributed by atoms with Crippen molar-refractivity contribution >= 4 is 13.3 Å². The minimum atomic E-state index is -2.56. The van der Waals surface area contributed by atoms with Gasteiger partial charge in [-0.3, -0.25) is 9.88 Å². The largest absolute Gasteiger partial charge is 0.462 e. The Kier molecular flexibility index (Phi) is 6.00. The van der Waals surface area contributed by atoms with Gasteiger partial charge in [0, 0.05) is 13.8 Å². The molecule has 0 saturated carbocycles. The smallest absolute Gasteiger partial charge is 0.320 e. The van der Waals surface area contributed by atoms with Crippen molar-refractivity contribution in [3.63, 3.8) is 0 Å². The van der Waals surface area contributed by atoms with Gasteiger partial charge in [0.2, 0.25) is 0 Å². The molecule has 14 heavy (non-hydrogen) atoms. The highest BCUT2D eigenvalue weighted by Crippen LogP contribution is 2.34. The molecule has 84 valence electrons. The van der Waals surface area contributed by atoms with Gasteiger partial charge < -0.3 is 14.0 Å².